The van der Waals surface area contributed by atoms with Gasteiger partial charge in [0.15, 0.2) is 0 Å². The molecule has 0 aromatic heterocycles. The Bertz CT molecular complexity index is 1160. The topological polar surface area (TPSA) is 110 Å². The molecule has 4 rings (SSSR count). The minimum atomic E-state index is -0.687. The maximum absolute atomic E-state index is 11.9. The summed E-state index contributed by atoms with van der Waals surface area (Å²) in [5.74, 6) is -0.811. The lowest BCUT2D eigenvalue weighted by atomic mass is 10.1. The molecule has 0 radical (unpaired) electrons. The second kappa shape index (κ2) is 13.9. The highest BCUT2D eigenvalue weighted by atomic mass is 16.6. The Kier molecular flexibility index (Phi) is 10.3. The van der Waals surface area contributed by atoms with Crippen molar-refractivity contribution in [2.45, 2.75) is 39.9 Å². The molecule has 0 unspecified atom stereocenters. The van der Waals surface area contributed by atoms with E-state index >= 15 is 0 Å². The van der Waals surface area contributed by atoms with Crippen molar-refractivity contribution in [2.75, 3.05) is 13.1 Å². The van der Waals surface area contributed by atoms with Gasteiger partial charge in [0.2, 0.25) is 11.8 Å². The van der Waals surface area contributed by atoms with Crippen LogP contribution in [0.1, 0.15) is 37.8 Å². The third-order valence-corrected chi connectivity index (χ3v) is 5.92. The van der Waals surface area contributed by atoms with Crippen molar-refractivity contribution in [1.82, 2.24) is 9.80 Å². The van der Waals surface area contributed by atoms with E-state index in [-0.39, 0.29) is 43.9 Å². The number of carbonyl (C=O) groups excluding carboxylic acids is 5. The third kappa shape index (κ3) is 8.40. The van der Waals surface area contributed by atoms with Gasteiger partial charge < -0.3 is 14.3 Å². The maximum Gasteiger partial charge on any atom is 0.416 e. The normalized spacial score (nSPS) is 18.4. The quantitative estimate of drug-likeness (QED) is 0.407. The summed E-state index contributed by atoms with van der Waals surface area (Å²) in [4.78, 5) is 59.6. The van der Waals surface area contributed by atoms with Gasteiger partial charge in [0.25, 0.3) is 0 Å². The highest BCUT2D eigenvalue weighted by Crippen LogP contribution is 2.21. The number of carbonyl (C=O) groups is 5. The first-order chi connectivity index (χ1) is 18.3. The van der Waals surface area contributed by atoms with Gasteiger partial charge >= 0.3 is 12.2 Å². The highest BCUT2D eigenvalue weighted by molar-refractivity contribution is 5.95. The van der Waals surface area contributed by atoms with Crippen molar-refractivity contribution in [3.63, 3.8) is 0 Å². The molecule has 9 nitrogen and oxygen atoms in total. The van der Waals surface area contributed by atoms with E-state index in [1.165, 1.54) is 4.90 Å². The van der Waals surface area contributed by atoms with Gasteiger partial charge in [-0.3, -0.25) is 9.59 Å². The number of nitrogens with zero attached hydrogens (tertiary/aromatic N) is 2. The van der Waals surface area contributed by atoms with Gasteiger partial charge in [-0.05, 0) is 25.0 Å². The molecule has 4 amide bonds. The summed E-state index contributed by atoms with van der Waals surface area (Å²) in [7, 11) is 0. The number of ether oxygens (including phenoxy) is 2. The van der Waals surface area contributed by atoms with Crippen LogP contribution < -0.4 is 0 Å². The van der Waals surface area contributed by atoms with Gasteiger partial charge in [-0.15, -0.1) is 0 Å². The molecule has 200 valence electrons. The summed E-state index contributed by atoms with van der Waals surface area (Å²) in [5, 5.41) is 0. The monoisotopic (exact) mass is 520 g/mol. The highest BCUT2D eigenvalue weighted by Gasteiger charge is 2.35. The van der Waals surface area contributed by atoms with Crippen molar-refractivity contribution in [3.8, 4) is 0 Å². The van der Waals surface area contributed by atoms with Gasteiger partial charge in [0.1, 0.15) is 19.5 Å². The summed E-state index contributed by atoms with van der Waals surface area (Å²) in [6.07, 6.45) is 1.96. The van der Waals surface area contributed by atoms with Crippen LogP contribution in [0.3, 0.4) is 0 Å². The number of rotatable bonds is 6. The standard InChI is InChI=1S/C16H19NO3.C13H13NO4/c1-12(2)8-14-9-15(18)17(10-14)16(19)20-11-13-6-4-3-5-7-13;15-8-11-6-12(16)14(7-11)13(17)18-9-10-4-2-1-3-5-10/h3-8,14H,9-11H2,1-2H3;1-5,8,11H,6-7,9H2/t14-;11-/m00/s1. The van der Waals surface area contributed by atoms with E-state index in [4.69, 9.17) is 9.47 Å². The van der Waals surface area contributed by atoms with Crippen LogP contribution in [0.2, 0.25) is 0 Å². The summed E-state index contributed by atoms with van der Waals surface area (Å²) in [6.45, 7) is 4.82. The van der Waals surface area contributed by atoms with Crippen molar-refractivity contribution < 1.29 is 33.4 Å². The van der Waals surface area contributed by atoms with Gasteiger partial charge in [0, 0.05) is 37.8 Å². The molecule has 2 heterocycles. The Labute approximate surface area is 222 Å². The minimum absolute atomic E-state index is 0.0872. The number of benzene rings is 2. The molecule has 2 atom stereocenters. The van der Waals surface area contributed by atoms with Crippen LogP contribution in [0.15, 0.2) is 72.3 Å². The zero-order valence-electron chi connectivity index (χ0n) is 21.6. The molecule has 0 aliphatic carbocycles. The second-order valence-corrected chi connectivity index (χ2v) is 9.40. The molecular formula is C29H32N2O7. The number of aldehydes is 1. The molecule has 38 heavy (non-hydrogen) atoms. The van der Waals surface area contributed by atoms with Crippen LogP contribution in [0, 0.1) is 11.8 Å². The Morgan fingerprint density at radius 1 is 0.763 bits per heavy atom. The predicted octanol–water partition coefficient (Wildman–Crippen LogP) is 4.51. The third-order valence-electron chi connectivity index (χ3n) is 5.92. The lowest BCUT2D eigenvalue weighted by Crippen LogP contribution is -2.32. The fourth-order valence-electron chi connectivity index (χ4n) is 4.09. The molecule has 2 aromatic carbocycles. The fourth-order valence-corrected chi connectivity index (χ4v) is 4.09. The average Bonchev–Trinajstić information content (AvgIpc) is 3.48. The number of allylic oxidation sites excluding steroid dienone is 1. The SMILES string of the molecule is CC(C)=C[C@H]1CC(=O)N(C(=O)OCc2ccccc2)C1.O=C[C@H]1CC(=O)N(C(=O)OCc2ccccc2)C1. The zero-order valence-corrected chi connectivity index (χ0v) is 21.6. The Hall–Kier alpha value is -4.27. The Balaban J connectivity index is 0.000000212. The smallest absolute Gasteiger partial charge is 0.416 e. The molecule has 2 saturated heterocycles. The van der Waals surface area contributed by atoms with Crippen molar-refractivity contribution in [3.05, 3.63) is 83.4 Å². The van der Waals surface area contributed by atoms with E-state index < -0.39 is 18.1 Å². The maximum atomic E-state index is 11.9. The van der Waals surface area contributed by atoms with Crippen molar-refractivity contribution >= 4 is 30.3 Å². The lowest BCUT2D eigenvalue weighted by molar-refractivity contribution is -0.127. The van der Waals surface area contributed by atoms with Gasteiger partial charge in [0.05, 0.1) is 0 Å². The molecule has 0 N–H and O–H groups in total. The van der Waals surface area contributed by atoms with Crippen LogP contribution in [-0.2, 0) is 37.1 Å². The summed E-state index contributed by atoms with van der Waals surface area (Å²) in [5.41, 5.74) is 2.92. The van der Waals surface area contributed by atoms with Gasteiger partial charge in [-0.2, -0.15) is 0 Å². The van der Waals surface area contributed by atoms with E-state index in [1.807, 2.05) is 80.6 Å². The molecule has 0 spiro atoms. The number of likely N-dealkylation sites (tertiary alicyclic amines) is 2. The first-order valence-corrected chi connectivity index (χ1v) is 12.4. The summed E-state index contributed by atoms with van der Waals surface area (Å²) in [6, 6.07) is 18.6. The number of hydrogen-bond acceptors (Lipinski definition) is 7. The first kappa shape index (κ1) is 28.3. The zero-order chi connectivity index (χ0) is 27.5. The van der Waals surface area contributed by atoms with Crippen LogP contribution in [0.4, 0.5) is 9.59 Å². The summed E-state index contributed by atoms with van der Waals surface area (Å²) >= 11 is 0. The first-order valence-electron chi connectivity index (χ1n) is 12.4. The van der Waals surface area contributed by atoms with E-state index in [2.05, 4.69) is 0 Å². The fraction of sp³-hybridized carbons (Fsp3) is 0.345. The number of amides is 4. The Morgan fingerprint density at radius 3 is 1.58 bits per heavy atom. The van der Waals surface area contributed by atoms with E-state index in [0.717, 1.165) is 21.6 Å². The van der Waals surface area contributed by atoms with Crippen LogP contribution in [0.25, 0.3) is 0 Å². The average molecular weight is 521 g/mol. The molecule has 0 bridgehead atoms. The minimum Gasteiger partial charge on any atom is -0.444 e. The Morgan fingerprint density at radius 2 is 1.18 bits per heavy atom. The largest absolute Gasteiger partial charge is 0.444 e. The van der Waals surface area contributed by atoms with E-state index in [9.17, 15) is 24.0 Å². The van der Waals surface area contributed by atoms with Crippen LogP contribution in [0.5, 0.6) is 0 Å². The lowest BCUT2D eigenvalue weighted by Gasteiger charge is -2.14. The van der Waals surface area contributed by atoms with Gasteiger partial charge in [-0.1, -0.05) is 72.3 Å². The molecule has 2 aromatic rings. The molecule has 2 aliphatic heterocycles. The number of hydrogen-bond donors (Lipinski definition) is 0. The summed E-state index contributed by atoms with van der Waals surface area (Å²) < 4.78 is 10.2. The predicted molar refractivity (Wildman–Crippen MR) is 138 cm³/mol. The second-order valence-electron chi connectivity index (χ2n) is 9.40. The van der Waals surface area contributed by atoms with E-state index in [0.29, 0.717) is 19.3 Å². The molecular weight excluding hydrogens is 488 g/mol. The van der Waals surface area contributed by atoms with Crippen LogP contribution >= 0.6 is 0 Å². The molecule has 2 fully saturated rings. The van der Waals surface area contributed by atoms with Crippen molar-refractivity contribution in [1.29, 1.82) is 0 Å². The van der Waals surface area contributed by atoms with E-state index in [1.54, 1.807) is 0 Å². The van der Waals surface area contributed by atoms with Crippen LogP contribution in [-0.4, -0.2) is 53.2 Å². The van der Waals surface area contributed by atoms with Gasteiger partial charge in [-0.25, -0.2) is 19.4 Å². The molecule has 2 aliphatic rings. The van der Waals surface area contributed by atoms with Crippen molar-refractivity contribution in [2.24, 2.45) is 11.8 Å². The molecule has 9 heteroatoms. The number of imide groups is 2. The molecule has 0 saturated carbocycles.